The van der Waals surface area contributed by atoms with Crippen LogP contribution in [0.5, 0.6) is 11.5 Å². The number of hydrogen-bond donors (Lipinski definition) is 0. The summed E-state index contributed by atoms with van der Waals surface area (Å²) in [5, 5.41) is 0. The zero-order chi connectivity index (χ0) is 16.1. The molecule has 5 nitrogen and oxygen atoms in total. The first kappa shape index (κ1) is 13.7. The van der Waals surface area contributed by atoms with Gasteiger partial charge in [0.05, 0.1) is 18.1 Å². The van der Waals surface area contributed by atoms with Crippen molar-refractivity contribution in [3.05, 3.63) is 53.1 Å². The Kier molecular flexibility index (Phi) is 2.93. The minimum atomic E-state index is -0.227. The molecule has 3 aromatic rings. The Morgan fingerprint density at radius 1 is 1.08 bits per heavy atom. The van der Waals surface area contributed by atoms with Crippen molar-refractivity contribution in [2.24, 2.45) is 0 Å². The summed E-state index contributed by atoms with van der Waals surface area (Å²) in [6, 6.07) is 11.5. The van der Waals surface area contributed by atoms with Crippen molar-refractivity contribution in [1.82, 2.24) is 8.75 Å². The number of para-hydroxylation sites is 1. The molecule has 1 atom stereocenters. The van der Waals surface area contributed by atoms with E-state index < -0.39 is 0 Å². The topological polar surface area (TPSA) is 61.3 Å². The monoisotopic (exact) mass is 336 g/mol. The van der Waals surface area contributed by atoms with E-state index in [1.54, 1.807) is 6.07 Å². The second-order valence-corrected chi connectivity index (χ2v) is 6.41. The van der Waals surface area contributed by atoms with Gasteiger partial charge in [0.2, 0.25) is 0 Å². The molecule has 0 bridgehead atoms. The zero-order valence-electron chi connectivity index (χ0n) is 12.6. The van der Waals surface area contributed by atoms with Crippen molar-refractivity contribution in [2.75, 3.05) is 6.61 Å². The van der Waals surface area contributed by atoms with Crippen LogP contribution in [-0.2, 0) is 4.79 Å². The third-order valence-corrected chi connectivity index (χ3v) is 5.01. The van der Waals surface area contributed by atoms with E-state index in [2.05, 4.69) is 14.8 Å². The number of rotatable bonds is 1. The average molecular weight is 336 g/mol. The zero-order valence-corrected chi connectivity index (χ0v) is 13.4. The average Bonchev–Trinajstić information content (AvgIpc) is 3.09. The summed E-state index contributed by atoms with van der Waals surface area (Å²) < 4.78 is 20.0. The number of fused-ring (bicyclic) bond motifs is 4. The van der Waals surface area contributed by atoms with Gasteiger partial charge in [-0.2, -0.15) is 8.75 Å². The van der Waals surface area contributed by atoms with E-state index >= 15 is 0 Å². The third-order valence-electron chi connectivity index (χ3n) is 4.47. The lowest BCUT2D eigenvalue weighted by molar-refractivity contribution is -0.135. The number of esters is 1. The van der Waals surface area contributed by atoms with Gasteiger partial charge in [-0.05, 0) is 29.8 Å². The van der Waals surface area contributed by atoms with E-state index in [1.807, 2.05) is 30.3 Å². The van der Waals surface area contributed by atoms with Crippen molar-refractivity contribution in [1.29, 1.82) is 0 Å². The second kappa shape index (κ2) is 5.14. The Bertz CT molecular complexity index is 1010. The van der Waals surface area contributed by atoms with E-state index in [-0.39, 0.29) is 11.9 Å². The molecule has 0 N–H and O–H groups in total. The van der Waals surface area contributed by atoms with Crippen LogP contribution in [0.15, 0.2) is 42.0 Å². The number of benzene rings is 2. The van der Waals surface area contributed by atoms with Gasteiger partial charge in [-0.25, -0.2) is 0 Å². The maximum atomic E-state index is 12.1. The van der Waals surface area contributed by atoms with E-state index in [0.29, 0.717) is 18.8 Å². The minimum Gasteiger partial charge on any atom is -0.489 e. The summed E-state index contributed by atoms with van der Waals surface area (Å²) in [7, 11) is 0. The maximum Gasteiger partial charge on any atom is 0.312 e. The van der Waals surface area contributed by atoms with Crippen LogP contribution in [0.4, 0.5) is 0 Å². The van der Waals surface area contributed by atoms with Crippen LogP contribution < -0.4 is 9.47 Å². The van der Waals surface area contributed by atoms with Crippen molar-refractivity contribution in [3.63, 3.8) is 0 Å². The molecule has 6 heteroatoms. The van der Waals surface area contributed by atoms with Gasteiger partial charge in [0.15, 0.2) is 0 Å². The summed E-state index contributed by atoms with van der Waals surface area (Å²) in [5.74, 6) is 1.13. The highest BCUT2D eigenvalue weighted by Crippen LogP contribution is 2.44. The summed E-state index contributed by atoms with van der Waals surface area (Å²) in [6.45, 7) is 0.461. The molecule has 0 fully saturated rings. The van der Waals surface area contributed by atoms with Gasteiger partial charge in [0.1, 0.15) is 29.1 Å². The smallest absolute Gasteiger partial charge is 0.312 e. The first-order chi connectivity index (χ1) is 11.8. The van der Waals surface area contributed by atoms with Crippen LogP contribution >= 0.6 is 11.7 Å². The molecule has 5 rings (SSSR count). The molecule has 0 amide bonds. The molecule has 2 aromatic carbocycles. The number of aromatic nitrogens is 2. The SMILES string of the molecule is O=C1CC(C2=Cc3ccccc3OC2)c2c(ccc3nsnc23)O1. The van der Waals surface area contributed by atoms with Crippen molar-refractivity contribution in [2.45, 2.75) is 12.3 Å². The van der Waals surface area contributed by atoms with Gasteiger partial charge in [0, 0.05) is 17.0 Å². The Labute approximate surface area is 141 Å². The van der Waals surface area contributed by atoms with E-state index in [1.165, 1.54) is 11.7 Å². The molecule has 1 unspecified atom stereocenters. The fourth-order valence-corrected chi connectivity index (χ4v) is 3.91. The summed E-state index contributed by atoms with van der Waals surface area (Å²) in [4.78, 5) is 12.1. The number of hydrogen-bond acceptors (Lipinski definition) is 6. The van der Waals surface area contributed by atoms with Gasteiger partial charge < -0.3 is 9.47 Å². The lowest BCUT2D eigenvalue weighted by Crippen LogP contribution is -2.24. The Morgan fingerprint density at radius 2 is 2.00 bits per heavy atom. The number of carbonyl (C=O) groups excluding carboxylic acids is 1. The molecule has 0 aliphatic carbocycles. The first-order valence-corrected chi connectivity index (χ1v) is 8.41. The molecule has 0 spiro atoms. The largest absolute Gasteiger partial charge is 0.489 e. The molecule has 118 valence electrons. The van der Waals surface area contributed by atoms with Gasteiger partial charge >= 0.3 is 5.97 Å². The van der Waals surface area contributed by atoms with Crippen LogP contribution in [0.25, 0.3) is 17.1 Å². The van der Waals surface area contributed by atoms with Crippen LogP contribution in [0.1, 0.15) is 23.5 Å². The third kappa shape index (κ3) is 2.03. The molecule has 1 aromatic heterocycles. The molecule has 3 heterocycles. The normalized spacial score (nSPS) is 19.1. The fraction of sp³-hybridized carbons (Fsp3) is 0.167. The predicted molar refractivity (Wildman–Crippen MR) is 90.3 cm³/mol. The van der Waals surface area contributed by atoms with Gasteiger partial charge in [-0.15, -0.1) is 0 Å². The first-order valence-electron chi connectivity index (χ1n) is 7.68. The van der Waals surface area contributed by atoms with Crippen LogP contribution in [0.2, 0.25) is 0 Å². The Balaban J connectivity index is 1.69. The van der Waals surface area contributed by atoms with Crippen LogP contribution in [-0.4, -0.2) is 21.3 Å². The molecule has 0 radical (unpaired) electrons. The quantitative estimate of drug-likeness (QED) is 0.502. The molecule has 2 aliphatic heterocycles. The molecular weight excluding hydrogens is 324 g/mol. The maximum absolute atomic E-state index is 12.1. The van der Waals surface area contributed by atoms with Crippen molar-refractivity contribution >= 4 is 34.8 Å². The van der Waals surface area contributed by atoms with E-state index in [9.17, 15) is 4.79 Å². The molecule has 0 saturated carbocycles. The molecule has 2 aliphatic rings. The van der Waals surface area contributed by atoms with Crippen molar-refractivity contribution < 1.29 is 14.3 Å². The molecule has 0 saturated heterocycles. The van der Waals surface area contributed by atoms with E-state index in [4.69, 9.17) is 9.47 Å². The summed E-state index contributed by atoms with van der Waals surface area (Å²) in [6.07, 6.45) is 2.41. The number of ether oxygens (including phenoxy) is 2. The highest BCUT2D eigenvalue weighted by atomic mass is 32.1. The highest BCUT2D eigenvalue weighted by molar-refractivity contribution is 7.00. The lowest BCUT2D eigenvalue weighted by atomic mass is 9.84. The predicted octanol–water partition coefficient (Wildman–Crippen LogP) is 3.56. The summed E-state index contributed by atoms with van der Waals surface area (Å²) >= 11 is 1.17. The van der Waals surface area contributed by atoms with E-state index in [0.717, 1.165) is 33.5 Å². The summed E-state index contributed by atoms with van der Waals surface area (Å²) in [5.41, 5.74) is 4.68. The Hall–Kier alpha value is -2.73. The lowest BCUT2D eigenvalue weighted by Gasteiger charge is -2.29. The second-order valence-electron chi connectivity index (χ2n) is 5.89. The molecule has 24 heavy (non-hydrogen) atoms. The standard InChI is InChI=1S/C18H12N2O3S/c21-16-8-12(11-7-10-3-1-2-4-14(10)22-9-11)17-15(23-16)6-5-13-18(17)20-24-19-13/h1-7,12H,8-9H2. The number of nitrogens with zero attached hydrogens (tertiary/aromatic N) is 2. The molecular formula is C18H12N2O3S. The van der Waals surface area contributed by atoms with Crippen molar-refractivity contribution in [3.8, 4) is 11.5 Å². The highest BCUT2D eigenvalue weighted by Gasteiger charge is 2.33. The fourth-order valence-electron chi connectivity index (χ4n) is 3.36. The van der Waals surface area contributed by atoms with Gasteiger partial charge in [0.25, 0.3) is 0 Å². The van der Waals surface area contributed by atoms with Gasteiger partial charge in [-0.3, -0.25) is 4.79 Å². The number of carbonyl (C=O) groups is 1. The Morgan fingerprint density at radius 3 is 2.96 bits per heavy atom. The minimum absolute atomic E-state index is 0.0952. The van der Waals surface area contributed by atoms with Gasteiger partial charge in [-0.1, -0.05) is 18.2 Å². The van der Waals surface area contributed by atoms with Crippen LogP contribution in [0, 0.1) is 0 Å². The van der Waals surface area contributed by atoms with Crippen LogP contribution in [0.3, 0.4) is 0 Å².